The van der Waals surface area contributed by atoms with Crippen molar-refractivity contribution in [1.29, 1.82) is 0 Å². The Morgan fingerprint density at radius 3 is 2.26 bits per heavy atom. The number of amides is 1. The Morgan fingerprint density at radius 1 is 0.922 bits per heavy atom. The van der Waals surface area contributed by atoms with Gasteiger partial charge in [-0.25, -0.2) is 0 Å². The molecule has 77 heavy (non-hydrogen) atoms. The van der Waals surface area contributed by atoms with Crippen molar-refractivity contribution < 1.29 is 82.5 Å². The van der Waals surface area contributed by atoms with Crippen molar-refractivity contribution in [2.75, 3.05) is 47.2 Å². The van der Waals surface area contributed by atoms with E-state index in [4.69, 9.17) is 48.4 Å². The lowest BCUT2D eigenvalue weighted by Gasteiger charge is -2.50. The van der Waals surface area contributed by atoms with Gasteiger partial charge in [0.2, 0.25) is 0 Å². The van der Waals surface area contributed by atoms with E-state index in [1.165, 1.54) is 27.2 Å². The fourth-order valence-electron chi connectivity index (χ4n) is 10.9. The molecule has 2 aromatic heterocycles. The van der Waals surface area contributed by atoms with Crippen LogP contribution in [-0.4, -0.2) is 193 Å². The molecule has 21 atom stereocenters. The zero-order valence-electron chi connectivity index (χ0n) is 46.5. The molecule has 0 spiro atoms. The molecule has 4 aliphatic heterocycles. The SMILES string of the molecule is CC[C@H]1OC(=O)C[C@@H](O)[C@H](C)[C@@H](O[C@@H]2O[C@H](C)[C@@H](O[C@H]3C[C@@](C)(O)[C@@H](O)[C@H](C)O3)[C@H](N(C)C)[C@H]2O)[C@@H](c2cc(C(=O)NCCc3cccs3)c(N)s2)C[C@@H](C)C(=O)/C=C/C(C)=C/[C@@H]1CO[C@@H]1O[C@H](C)[C@@H](O)[C@@H](OC)[C@H]1OC. The highest BCUT2D eigenvalue weighted by Crippen LogP contribution is 2.43. The van der Waals surface area contributed by atoms with E-state index in [0.717, 1.165) is 16.2 Å². The number of anilines is 1. The molecule has 6 heterocycles. The number of aliphatic hydroxyl groups is 5. The van der Waals surface area contributed by atoms with E-state index in [-0.39, 0.29) is 35.8 Å². The molecule has 1 amide bonds. The molecule has 4 aliphatic rings. The number of nitrogen functional groups attached to an aromatic ring is 1. The van der Waals surface area contributed by atoms with Gasteiger partial charge in [0, 0.05) is 60.6 Å². The van der Waals surface area contributed by atoms with Gasteiger partial charge in [0.05, 0.1) is 65.8 Å². The van der Waals surface area contributed by atoms with Gasteiger partial charge in [0.25, 0.3) is 5.91 Å². The van der Waals surface area contributed by atoms with Gasteiger partial charge < -0.3 is 84.1 Å². The second-order valence-electron chi connectivity index (χ2n) is 21.7. The summed E-state index contributed by atoms with van der Waals surface area (Å²) >= 11 is 2.74. The van der Waals surface area contributed by atoms with Crippen LogP contribution in [-0.2, 0) is 58.6 Å². The number of likely N-dealkylation sites (N-methyl/N-ethyl adjacent to an activating group) is 1. The van der Waals surface area contributed by atoms with Gasteiger partial charge in [-0.2, -0.15) is 0 Å². The lowest BCUT2D eigenvalue weighted by atomic mass is 9.80. The highest BCUT2D eigenvalue weighted by Gasteiger charge is 2.52. The van der Waals surface area contributed by atoms with Crippen LogP contribution >= 0.6 is 22.7 Å². The van der Waals surface area contributed by atoms with E-state index < -0.39 is 146 Å². The van der Waals surface area contributed by atoms with E-state index in [2.05, 4.69) is 5.32 Å². The first-order valence-electron chi connectivity index (χ1n) is 26.7. The first kappa shape index (κ1) is 62.9. The Labute approximate surface area is 461 Å². The second-order valence-corrected chi connectivity index (χ2v) is 23.8. The van der Waals surface area contributed by atoms with E-state index in [0.29, 0.717) is 29.8 Å². The minimum absolute atomic E-state index is 0.0288. The van der Waals surface area contributed by atoms with Gasteiger partial charge in [-0.1, -0.05) is 44.6 Å². The lowest BCUT2D eigenvalue weighted by molar-refractivity contribution is -0.340. The minimum Gasteiger partial charge on any atom is -0.462 e. The van der Waals surface area contributed by atoms with Crippen LogP contribution < -0.4 is 11.1 Å². The zero-order chi connectivity index (χ0) is 56.6. The predicted octanol–water partition coefficient (Wildman–Crippen LogP) is 4.09. The highest BCUT2D eigenvalue weighted by atomic mass is 32.1. The Kier molecular flexibility index (Phi) is 22.8. The first-order chi connectivity index (χ1) is 36.4. The number of thiophene rings is 2. The van der Waals surface area contributed by atoms with Gasteiger partial charge in [0.15, 0.2) is 24.7 Å². The van der Waals surface area contributed by atoms with Crippen LogP contribution in [0.15, 0.2) is 47.4 Å². The van der Waals surface area contributed by atoms with Crippen LogP contribution in [0.4, 0.5) is 5.00 Å². The normalized spacial score (nSPS) is 40.2. The standard InChI is InChI=1S/C55H85N3O17S2/c1-13-39-33(26-69-54-49(68-12)48(67-11)44(62)30(5)71-54)21-27(2)16-17-37(59)28(3)22-35(40-23-36(51(56)77-40)52(65)57-19-18-34-15-14-20-76-34)46(29(4)38(60)24-41(61)73-39)75-53-45(63)43(58(9)10)47(31(6)72-53)74-42-25-55(8,66)50(64)32(7)70-42/h14-17,20-21,23,28-33,35,38-39,42-50,53-54,60,62-64,66H,13,18-19,22,24-26,56H2,1-12H3,(H,57,65)/b17-16+,27-21+/t28-,29+,30-,31-,32+,33-,35-,38-,39-,42+,43-,44-,45-,46-,47-,48-,49-,50+,53+,54-,55-/m1/s1. The van der Waals surface area contributed by atoms with Crippen molar-refractivity contribution in [2.45, 2.75) is 197 Å². The summed E-state index contributed by atoms with van der Waals surface area (Å²) < 4.78 is 55.8. The van der Waals surface area contributed by atoms with Crippen LogP contribution in [0.3, 0.4) is 0 Å². The van der Waals surface area contributed by atoms with Gasteiger partial charge in [-0.3, -0.25) is 14.4 Å². The summed E-state index contributed by atoms with van der Waals surface area (Å²) in [6.45, 7) is 14.1. The van der Waals surface area contributed by atoms with Gasteiger partial charge >= 0.3 is 5.97 Å². The average Bonchev–Trinajstić information content (AvgIpc) is 4.05. The highest BCUT2D eigenvalue weighted by molar-refractivity contribution is 7.16. The summed E-state index contributed by atoms with van der Waals surface area (Å²) in [4.78, 5) is 45.8. The zero-order valence-corrected chi connectivity index (χ0v) is 48.1. The third-order valence-corrected chi connectivity index (χ3v) is 17.6. The Bertz CT molecular complexity index is 2280. The number of hydrogen-bond acceptors (Lipinski definition) is 21. The maximum absolute atomic E-state index is 14.4. The summed E-state index contributed by atoms with van der Waals surface area (Å²) in [6.07, 6.45) is -9.23. The van der Waals surface area contributed by atoms with Gasteiger partial charge in [-0.05, 0) is 91.6 Å². The summed E-state index contributed by atoms with van der Waals surface area (Å²) in [6, 6.07) is 4.82. The number of ketones is 1. The predicted molar refractivity (Wildman–Crippen MR) is 288 cm³/mol. The molecular formula is C55H85N3O17S2. The average molecular weight is 1120 g/mol. The molecule has 0 aliphatic carbocycles. The smallest absolute Gasteiger partial charge is 0.308 e. The number of methoxy groups -OCH3 is 2. The van der Waals surface area contributed by atoms with E-state index in [9.17, 15) is 39.9 Å². The molecule has 8 N–H and O–H groups in total. The fraction of sp³-hybridized carbons (Fsp3) is 0.727. The quantitative estimate of drug-likeness (QED) is 0.117. The molecular weight excluding hydrogens is 1040 g/mol. The number of hydrogen-bond donors (Lipinski definition) is 7. The van der Waals surface area contributed by atoms with Crippen molar-refractivity contribution in [3.63, 3.8) is 0 Å². The number of nitrogens with zero attached hydrogens (tertiary/aromatic N) is 1. The third kappa shape index (κ3) is 15.6. The molecule has 0 unspecified atom stereocenters. The maximum atomic E-state index is 14.4. The fourth-order valence-corrected chi connectivity index (χ4v) is 12.7. The largest absolute Gasteiger partial charge is 0.462 e. The van der Waals surface area contributed by atoms with Crippen LogP contribution in [0.2, 0.25) is 0 Å². The number of nitrogens with two attached hydrogens (primary N) is 1. The summed E-state index contributed by atoms with van der Waals surface area (Å²) in [5, 5.41) is 62.3. The van der Waals surface area contributed by atoms with Crippen molar-refractivity contribution in [1.82, 2.24) is 10.2 Å². The minimum atomic E-state index is -1.52. The van der Waals surface area contributed by atoms with E-state index in [1.807, 2.05) is 37.4 Å². The van der Waals surface area contributed by atoms with Gasteiger partial charge in [-0.15, -0.1) is 22.7 Å². The number of ether oxygens (including phenoxy) is 9. The molecule has 6 rings (SSSR count). The Hall–Kier alpha value is -3.27. The maximum Gasteiger partial charge on any atom is 0.308 e. The van der Waals surface area contributed by atoms with Crippen molar-refractivity contribution in [3.05, 3.63) is 62.7 Å². The van der Waals surface area contributed by atoms with Crippen molar-refractivity contribution in [2.24, 2.45) is 17.8 Å². The summed E-state index contributed by atoms with van der Waals surface area (Å²) in [5.41, 5.74) is 6.03. The Morgan fingerprint density at radius 2 is 1.62 bits per heavy atom. The summed E-state index contributed by atoms with van der Waals surface area (Å²) in [5.74, 6) is -4.34. The molecule has 0 bridgehead atoms. The molecule has 0 aromatic carbocycles. The molecule has 20 nitrogen and oxygen atoms in total. The first-order valence-corrected chi connectivity index (χ1v) is 28.4. The van der Waals surface area contributed by atoms with Crippen LogP contribution in [0.1, 0.15) is 107 Å². The van der Waals surface area contributed by atoms with E-state index >= 15 is 0 Å². The molecule has 3 saturated heterocycles. The summed E-state index contributed by atoms with van der Waals surface area (Å²) in [7, 11) is 6.46. The third-order valence-electron chi connectivity index (χ3n) is 15.5. The molecule has 434 valence electrons. The van der Waals surface area contributed by atoms with Crippen LogP contribution in [0.5, 0.6) is 0 Å². The van der Waals surface area contributed by atoms with Crippen LogP contribution in [0, 0.1) is 17.8 Å². The molecule has 0 saturated carbocycles. The number of allylic oxidation sites excluding steroid dienone is 3. The number of nitrogens with one attached hydrogen (secondary N) is 1. The second kappa shape index (κ2) is 27.9. The number of rotatable bonds is 16. The number of aliphatic hydroxyl groups excluding tert-OH is 4. The molecule has 0 radical (unpaired) electrons. The topological polar surface area (TPSA) is 277 Å². The molecule has 2 aromatic rings. The van der Waals surface area contributed by atoms with Gasteiger partial charge in [0.1, 0.15) is 42.7 Å². The number of carbonyl (C=O) groups excluding carboxylic acids is 3. The van der Waals surface area contributed by atoms with E-state index in [1.54, 1.807) is 77.1 Å². The number of cyclic esters (lactones) is 1. The van der Waals surface area contributed by atoms with Crippen LogP contribution in [0.25, 0.3) is 0 Å². The molecule has 3 fully saturated rings. The monoisotopic (exact) mass is 1120 g/mol. The Balaban J connectivity index is 1.35. The lowest BCUT2D eigenvalue weighted by Crippen LogP contribution is -2.65. The number of carbonyl (C=O) groups is 3. The van der Waals surface area contributed by atoms with Crippen molar-refractivity contribution >= 4 is 45.3 Å². The molecule has 22 heteroatoms. The number of esters is 1. The van der Waals surface area contributed by atoms with Crippen molar-refractivity contribution in [3.8, 4) is 0 Å².